The van der Waals surface area contributed by atoms with E-state index in [0.29, 0.717) is 22.5 Å². The van der Waals surface area contributed by atoms with Crippen LogP contribution in [0.5, 0.6) is 0 Å². The minimum atomic E-state index is -0.564. The quantitative estimate of drug-likeness (QED) is 0.470. The first kappa shape index (κ1) is 15.9. The molecule has 7 heteroatoms. The van der Waals surface area contributed by atoms with Gasteiger partial charge in [0.2, 0.25) is 0 Å². The summed E-state index contributed by atoms with van der Waals surface area (Å²) in [6.07, 6.45) is 3.40. The molecule has 0 bridgehead atoms. The van der Waals surface area contributed by atoms with Crippen molar-refractivity contribution in [1.82, 2.24) is 5.16 Å². The van der Waals surface area contributed by atoms with E-state index in [1.807, 2.05) is 0 Å². The Kier molecular flexibility index (Phi) is 3.92. The predicted octanol–water partition coefficient (Wildman–Crippen LogP) is 3.87. The number of aromatic nitrogens is 1. The Morgan fingerprint density at radius 1 is 1.50 bits per heavy atom. The molecule has 7 nitrogen and oxygen atoms in total. The fourth-order valence-corrected chi connectivity index (χ4v) is 2.70. The maximum atomic E-state index is 12.2. The van der Waals surface area contributed by atoms with Crippen molar-refractivity contribution in [3.05, 3.63) is 51.3 Å². The van der Waals surface area contributed by atoms with Gasteiger partial charge in [-0.15, -0.1) is 0 Å². The van der Waals surface area contributed by atoms with E-state index in [1.54, 1.807) is 19.1 Å². The SMILES string of the molecule is C=Cc1cc(C)c([N+](=O)[O-])cc1-c1noc(C2CC2)c1C(=O)OC. The molecule has 0 saturated heterocycles. The molecule has 1 heterocycles. The molecule has 1 aromatic carbocycles. The van der Waals surface area contributed by atoms with Crippen molar-refractivity contribution in [2.45, 2.75) is 25.7 Å². The van der Waals surface area contributed by atoms with Gasteiger partial charge in [-0.1, -0.05) is 17.8 Å². The van der Waals surface area contributed by atoms with Gasteiger partial charge in [0, 0.05) is 23.1 Å². The summed E-state index contributed by atoms with van der Waals surface area (Å²) in [4.78, 5) is 23.0. The number of carbonyl (C=O) groups is 1. The van der Waals surface area contributed by atoms with Gasteiger partial charge < -0.3 is 9.26 Å². The van der Waals surface area contributed by atoms with Crippen molar-refractivity contribution in [3.63, 3.8) is 0 Å². The van der Waals surface area contributed by atoms with Gasteiger partial charge in [-0.05, 0) is 31.4 Å². The summed E-state index contributed by atoms with van der Waals surface area (Å²) < 4.78 is 10.2. The van der Waals surface area contributed by atoms with Gasteiger partial charge in [0.15, 0.2) is 5.76 Å². The van der Waals surface area contributed by atoms with Crippen molar-refractivity contribution in [2.75, 3.05) is 7.11 Å². The number of rotatable bonds is 5. The zero-order valence-electron chi connectivity index (χ0n) is 13.4. The molecule has 3 rings (SSSR count). The first-order valence-electron chi connectivity index (χ1n) is 7.47. The predicted molar refractivity (Wildman–Crippen MR) is 86.7 cm³/mol. The van der Waals surface area contributed by atoms with Gasteiger partial charge in [-0.25, -0.2) is 4.79 Å². The van der Waals surface area contributed by atoms with Gasteiger partial charge in [0.1, 0.15) is 11.3 Å². The summed E-state index contributed by atoms with van der Waals surface area (Å²) in [5.74, 6) is 0.0643. The Bertz CT molecular complexity index is 849. The lowest BCUT2D eigenvalue weighted by Gasteiger charge is -2.07. The summed E-state index contributed by atoms with van der Waals surface area (Å²) in [7, 11) is 1.28. The van der Waals surface area contributed by atoms with Gasteiger partial charge in [-0.3, -0.25) is 10.1 Å². The molecule has 0 spiro atoms. The van der Waals surface area contributed by atoms with Gasteiger partial charge in [0.05, 0.1) is 12.0 Å². The molecule has 1 fully saturated rings. The number of nitro benzene ring substituents is 1. The van der Waals surface area contributed by atoms with E-state index in [9.17, 15) is 14.9 Å². The minimum Gasteiger partial charge on any atom is -0.465 e. The molecule has 24 heavy (non-hydrogen) atoms. The molecule has 2 aromatic rings. The summed E-state index contributed by atoms with van der Waals surface area (Å²) in [5, 5.41) is 15.3. The van der Waals surface area contributed by atoms with Crippen LogP contribution in [-0.4, -0.2) is 23.2 Å². The molecule has 0 radical (unpaired) electrons. The normalized spacial score (nSPS) is 13.6. The average Bonchev–Trinajstić information content (AvgIpc) is 3.32. The molecular weight excluding hydrogens is 312 g/mol. The Hall–Kier alpha value is -2.96. The highest BCUT2D eigenvalue weighted by Crippen LogP contribution is 2.45. The number of hydrogen-bond acceptors (Lipinski definition) is 6. The fraction of sp³-hybridized carbons (Fsp3) is 0.294. The molecule has 1 saturated carbocycles. The lowest BCUT2D eigenvalue weighted by atomic mass is 9.96. The van der Waals surface area contributed by atoms with Crippen LogP contribution in [0.3, 0.4) is 0 Å². The second-order valence-electron chi connectivity index (χ2n) is 5.72. The molecule has 1 aromatic heterocycles. The zero-order valence-corrected chi connectivity index (χ0v) is 13.4. The van der Waals surface area contributed by atoms with Crippen LogP contribution < -0.4 is 0 Å². The minimum absolute atomic E-state index is 0.0533. The van der Waals surface area contributed by atoms with Crippen molar-refractivity contribution >= 4 is 17.7 Å². The molecule has 124 valence electrons. The topological polar surface area (TPSA) is 95.5 Å². The molecule has 0 aliphatic heterocycles. The zero-order chi connectivity index (χ0) is 17.4. The Morgan fingerprint density at radius 2 is 2.21 bits per heavy atom. The number of benzene rings is 1. The van der Waals surface area contributed by atoms with Crippen LogP contribution in [0, 0.1) is 17.0 Å². The van der Waals surface area contributed by atoms with E-state index < -0.39 is 10.9 Å². The van der Waals surface area contributed by atoms with Crippen LogP contribution >= 0.6 is 0 Å². The summed E-state index contributed by atoms with van der Waals surface area (Å²) >= 11 is 0. The van der Waals surface area contributed by atoms with Crippen molar-refractivity contribution in [2.24, 2.45) is 0 Å². The lowest BCUT2D eigenvalue weighted by Crippen LogP contribution is -2.05. The number of aryl methyl sites for hydroxylation is 1. The Morgan fingerprint density at radius 3 is 2.75 bits per heavy atom. The summed E-state index contributed by atoms with van der Waals surface area (Å²) in [6.45, 7) is 5.38. The van der Waals surface area contributed by atoms with Crippen LogP contribution in [0.4, 0.5) is 5.69 Å². The number of hydrogen-bond donors (Lipinski definition) is 0. The second-order valence-corrected chi connectivity index (χ2v) is 5.72. The van der Waals surface area contributed by atoms with E-state index in [1.165, 1.54) is 13.2 Å². The number of carbonyl (C=O) groups excluding carboxylic acids is 1. The molecule has 0 amide bonds. The van der Waals surface area contributed by atoms with Crippen LogP contribution in [0.2, 0.25) is 0 Å². The number of methoxy groups -OCH3 is 1. The smallest absolute Gasteiger partial charge is 0.343 e. The number of ether oxygens (including phenoxy) is 1. The Labute approximate surface area is 138 Å². The van der Waals surface area contributed by atoms with E-state index >= 15 is 0 Å². The summed E-state index contributed by atoms with van der Waals surface area (Å²) in [6, 6.07) is 3.04. The van der Waals surface area contributed by atoms with Crippen molar-refractivity contribution in [1.29, 1.82) is 0 Å². The fourth-order valence-electron chi connectivity index (χ4n) is 2.70. The third kappa shape index (κ3) is 2.58. The van der Waals surface area contributed by atoms with Gasteiger partial charge >= 0.3 is 5.97 Å². The maximum Gasteiger partial charge on any atom is 0.343 e. The number of nitro groups is 1. The molecule has 0 N–H and O–H groups in total. The highest BCUT2D eigenvalue weighted by atomic mass is 16.6. The standard InChI is InChI=1S/C17H16N2O5/c1-4-10-7-9(2)13(19(21)22)8-12(10)15-14(17(20)23-3)16(24-18-15)11-5-6-11/h4,7-8,11H,1,5-6H2,2-3H3. The number of nitrogens with zero attached hydrogens (tertiary/aromatic N) is 2. The average molecular weight is 328 g/mol. The molecule has 0 unspecified atom stereocenters. The van der Waals surface area contributed by atoms with Gasteiger partial charge in [0.25, 0.3) is 5.69 Å². The van der Waals surface area contributed by atoms with Crippen LogP contribution in [0.15, 0.2) is 23.2 Å². The van der Waals surface area contributed by atoms with Crippen LogP contribution in [0.1, 0.15) is 46.0 Å². The lowest BCUT2D eigenvalue weighted by molar-refractivity contribution is -0.385. The van der Waals surface area contributed by atoms with E-state index in [-0.39, 0.29) is 22.9 Å². The van der Waals surface area contributed by atoms with Crippen molar-refractivity contribution < 1.29 is 19.0 Å². The largest absolute Gasteiger partial charge is 0.465 e. The summed E-state index contributed by atoms with van der Waals surface area (Å²) in [5.41, 5.74) is 2.01. The monoisotopic (exact) mass is 328 g/mol. The third-order valence-corrected chi connectivity index (χ3v) is 4.10. The molecule has 0 atom stereocenters. The first-order valence-corrected chi connectivity index (χ1v) is 7.47. The highest BCUT2D eigenvalue weighted by Gasteiger charge is 2.36. The van der Waals surface area contributed by atoms with Crippen LogP contribution in [0.25, 0.3) is 17.3 Å². The molecular formula is C17H16N2O5. The first-order chi connectivity index (χ1) is 11.5. The molecule has 1 aliphatic rings. The highest BCUT2D eigenvalue weighted by molar-refractivity contribution is 5.98. The van der Waals surface area contributed by atoms with E-state index in [0.717, 1.165) is 12.8 Å². The van der Waals surface area contributed by atoms with E-state index in [4.69, 9.17) is 9.26 Å². The molecule has 1 aliphatic carbocycles. The second kappa shape index (κ2) is 5.92. The van der Waals surface area contributed by atoms with Crippen molar-refractivity contribution in [3.8, 4) is 11.3 Å². The van der Waals surface area contributed by atoms with Crippen LogP contribution in [-0.2, 0) is 4.74 Å². The van der Waals surface area contributed by atoms with Gasteiger partial charge in [-0.2, -0.15) is 0 Å². The maximum absolute atomic E-state index is 12.2. The Balaban J connectivity index is 2.25. The number of esters is 1. The third-order valence-electron chi connectivity index (χ3n) is 4.10. The van der Waals surface area contributed by atoms with E-state index in [2.05, 4.69) is 11.7 Å².